The molecule has 142 valence electrons. The molecular weight excluding hydrogens is 357 g/mol. The summed E-state index contributed by atoms with van der Waals surface area (Å²) in [4.78, 5) is 19.2. The van der Waals surface area contributed by atoms with Crippen molar-refractivity contribution in [3.05, 3.63) is 60.6 Å². The van der Waals surface area contributed by atoms with E-state index in [1.54, 1.807) is 24.5 Å². The molecule has 3 aromatic heterocycles. The summed E-state index contributed by atoms with van der Waals surface area (Å²) in [6.45, 7) is 4.65. The Bertz CT molecular complexity index is 967. The van der Waals surface area contributed by atoms with Crippen molar-refractivity contribution in [2.75, 3.05) is 24.6 Å². The maximum Gasteiger partial charge on any atom is 0.225 e. The number of aryl methyl sites for hydroxylation is 1. The van der Waals surface area contributed by atoms with E-state index in [4.69, 9.17) is 4.74 Å². The van der Waals surface area contributed by atoms with Crippen LogP contribution in [0.3, 0.4) is 0 Å². The number of ether oxygens (including phenoxy) is 1. The third-order valence-electron chi connectivity index (χ3n) is 5.65. The number of rotatable bonds is 5. The molecule has 0 N–H and O–H groups in total. The fourth-order valence-corrected chi connectivity index (χ4v) is 4.01. The first-order chi connectivity index (χ1) is 13.7. The van der Waals surface area contributed by atoms with E-state index in [-0.39, 0.29) is 5.82 Å². The van der Waals surface area contributed by atoms with Crippen LogP contribution in [-0.2, 0) is 0 Å². The lowest BCUT2D eigenvalue weighted by molar-refractivity contribution is 0.282. The number of anilines is 1. The van der Waals surface area contributed by atoms with Gasteiger partial charge in [0, 0.05) is 43.2 Å². The maximum absolute atomic E-state index is 13.8. The summed E-state index contributed by atoms with van der Waals surface area (Å²) in [5.74, 6) is 3.00. The first-order valence-corrected chi connectivity index (χ1v) is 9.41. The van der Waals surface area contributed by atoms with E-state index in [1.807, 2.05) is 25.4 Å². The van der Waals surface area contributed by atoms with Crippen LogP contribution in [-0.4, -0.2) is 39.6 Å². The SMILES string of the molecule is Cc1cnc(N2CC3C(COc4ccc(-c5ccncc5F)nc4)C3C2)nc1. The third kappa shape index (κ3) is 3.17. The lowest BCUT2D eigenvalue weighted by Gasteiger charge is -2.19. The Morgan fingerprint density at radius 2 is 1.82 bits per heavy atom. The molecule has 28 heavy (non-hydrogen) atoms. The zero-order chi connectivity index (χ0) is 19.1. The molecule has 1 aliphatic carbocycles. The van der Waals surface area contributed by atoms with Crippen LogP contribution < -0.4 is 9.64 Å². The van der Waals surface area contributed by atoms with E-state index in [0.717, 1.165) is 24.6 Å². The molecule has 0 amide bonds. The van der Waals surface area contributed by atoms with Crippen molar-refractivity contribution < 1.29 is 9.13 Å². The summed E-state index contributed by atoms with van der Waals surface area (Å²) in [7, 11) is 0. The number of aromatic nitrogens is 4. The summed E-state index contributed by atoms with van der Waals surface area (Å²) < 4.78 is 19.7. The van der Waals surface area contributed by atoms with E-state index in [9.17, 15) is 4.39 Å². The Kier molecular flexibility index (Phi) is 4.15. The Morgan fingerprint density at radius 1 is 1.04 bits per heavy atom. The Labute approximate surface area is 162 Å². The molecule has 0 radical (unpaired) electrons. The fraction of sp³-hybridized carbons (Fsp3) is 0.333. The van der Waals surface area contributed by atoms with Gasteiger partial charge in [0.25, 0.3) is 0 Å². The zero-order valence-electron chi connectivity index (χ0n) is 15.5. The molecule has 0 aromatic carbocycles. The van der Waals surface area contributed by atoms with Gasteiger partial charge in [0.15, 0.2) is 5.82 Å². The molecule has 2 unspecified atom stereocenters. The largest absolute Gasteiger partial charge is 0.492 e. The molecule has 2 fully saturated rings. The highest BCUT2D eigenvalue weighted by Crippen LogP contribution is 2.52. The second-order valence-corrected chi connectivity index (χ2v) is 7.50. The summed E-state index contributed by atoms with van der Waals surface area (Å²) in [6.07, 6.45) is 8.13. The van der Waals surface area contributed by atoms with Crippen LogP contribution in [0.15, 0.2) is 49.2 Å². The van der Waals surface area contributed by atoms with Gasteiger partial charge in [0.1, 0.15) is 5.75 Å². The lowest BCUT2D eigenvalue weighted by Crippen LogP contribution is -2.27. The minimum Gasteiger partial charge on any atom is -0.492 e. The predicted molar refractivity (Wildman–Crippen MR) is 102 cm³/mol. The van der Waals surface area contributed by atoms with Gasteiger partial charge in [-0.2, -0.15) is 0 Å². The summed E-state index contributed by atoms with van der Waals surface area (Å²) in [5.41, 5.74) is 2.09. The Morgan fingerprint density at radius 3 is 2.50 bits per heavy atom. The van der Waals surface area contributed by atoms with Gasteiger partial charge in [-0.1, -0.05) is 0 Å². The van der Waals surface area contributed by atoms with E-state index < -0.39 is 0 Å². The second kappa shape index (κ2) is 6.82. The van der Waals surface area contributed by atoms with Crippen molar-refractivity contribution in [1.82, 2.24) is 19.9 Å². The van der Waals surface area contributed by atoms with Crippen molar-refractivity contribution in [1.29, 1.82) is 0 Å². The minimum atomic E-state index is -0.378. The average molecular weight is 377 g/mol. The third-order valence-corrected chi connectivity index (χ3v) is 5.65. The molecule has 2 aliphatic rings. The van der Waals surface area contributed by atoms with Gasteiger partial charge in [0.2, 0.25) is 5.95 Å². The predicted octanol–water partition coefficient (Wildman–Crippen LogP) is 3.14. The Hall–Kier alpha value is -3.09. The van der Waals surface area contributed by atoms with Crippen LogP contribution in [0, 0.1) is 30.5 Å². The van der Waals surface area contributed by atoms with Crippen molar-refractivity contribution in [3.8, 4) is 17.0 Å². The normalized spacial score (nSPS) is 22.8. The molecule has 1 saturated carbocycles. The van der Waals surface area contributed by atoms with Gasteiger partial charge >= 0.3 is 0 Å². The molecule has 0 bridgehead atoms. The second-order valence-electron chi connectivity index (χ2n) is 7.50. The van der Waals surface area contributed by atoms with Crippen LogP contribution in [0.25, 0.3) is 11.3 Å². The fourth-order valence-electron chi connectivity index (χ4n) is 4.01. The van der Waals surface area contributed by atoms with Crippen molar-refractivity contribution in [2.45, 2.75) is 6.92 Å². The van der Waals surface area contributed by atoms with Gasteiger partial charge in [0.05, 0.1) is 24.7 Å². The van der Waals surface area contributed by atoms with Gasteiger partial charge in [-0.05, 0) is 42.5 Å². The van der Waals surface area contributed by atoms with E-state index in [0.29, 0.717) is 41.4 Å². The first-order valence-electron chi connectivity index (χ1n) is 9.41. The molecule has 3 aromatic rings. The Balaban J connectivity index is 1.15. The number of halogens is 1. The van der Waals surface area contributed by atoms with Crippen LogP contribution in [0.1, 0.15) is 5.56 Å². The zero-order valence-corrected chi connectivity index (χ0v) is 15.5. The van der Waals surface area contributed by atoms with E-state index in [2.05, 4.69) is 24.8 Å². The number of pyridine rings is 2. The highest BCUT2D eigenvalue weighted by atomic mass is 19.1. The molecule has 0 spiro atoms. The number of hydrogen-bond acceptors (Lipinski definition) is 6. The quantitative estimate of drug-likeness (QED) is 0.681. The molecule has 2 atom stereocenters. The number of piperidine rings is 1. The molecular formula is C21H20FN5O. The molecule has 4 heterocycles. The number of hydrogen-bond donors (Lipinski definition) is 0. The summed E-state index contributed by atoms with van der Waals surface area (Å²) in [6, 6.07) is 5.23. The maximum atomic E-state index is 13.8. The number of fused-ring (bicyclic) bond motifs is 1. The standard InChI is InChI=1S/C21H20FN5O/c1-13-6-25-21(26-7-13)27-10-16-17(11-27)18(16)12-28-14-2-3-20(24-8-14)15-4-5-23-9-19(15)22/h2-9,16-18H,10-12H2,1H3. The molecule has 1 aliphatic heterocycles. The van der Waals surface area contributed by atoms with E-state index >= 15 is 0 Å². The van der Waals surface area contributed by atoms with Gasteiger partial charge in [-0.3, -0.25) is 9.97 Å². The molecule has 6 nitrogen and oxygen atoms in total. The highest BCUT2D eigenvalue weighted by molar-refractivity contribution is 5.59. The summed E-state index contributed by atoms with van der Waals surface area (Å²) in [5, 5.41) is 0. The highest BCUT2D eigenvalue weighted by Gasteiger charge is 2.56. The first kappa shape index (κ1) is 17.0. The lowest BCUT2D eigenvalue weighted by atomic mass is 10.2. The van der Waals surface area contributed by atoms with Gasteiger partial charge < -0.3 is 9.64 Å². The van der Waals surface area contributed by atoms with Crippen molar-refractivity contribution >= 4 is 5.95 Å². The number of nitrogens with zero attached hydrogens (tertiary/aromatic N) is 5. The van der Waals surface area contributed by atoms with Gasteiger partial charge in [-0.15, -0.1) is 0 Å². The monoisotopic (exact) mass is 377 g/mol. The molecule has 7 heteroatoms. The minimum absolute atomic E-state index is 0.378. The van der Waals surface area contributed by atoms with Crippen molar-refractivity contribution in [3.63, 3.8) is 0 Å². The molecule has 5 rings (SSSR count). The molecule has 1 saturated heterocycles. The van der Waals surface area contributed by atoms with Crippen LogP contribution in [0.4, 0.5) is 10.3 Å². The van der Waals surface area contributed by atoms with Gasteiger partial charge in [-0.25, -0.2) is 14.4 Å². The van der Waals surface area contributed by atoms with Crippen LogP contribution >= 0.6 is 0 Å². The topological polar surface area (TPSA) is 64.0 Å². The smallest absolute Gasteiger partial charge is 0.225 e. The van der Waals surface area contributed by atoms with E-state index in [1.165, 1.54) is 6.20 Å². The average Bonchev–Trinajstić information content (AvgIpc) is 3.16. The van der Waals surface area contributed by atoms with Crippen molar-refractivity contribution in [2.24, 2.45) is 17.8 Å². The van der Waals surface area contributed by atoms with Crippen LogP contribution in [0.2, 0.25) is 0 Å². The summed E-state index contributed by atoms with van der Waals surface area (Å²) >= 11 is 0. The van der Waals surface area contributed by atoms with Crippen LogP contribution in [0.5, 0.6) is 5.75 Å².